The van der Waals surface area contributed by atoms with E-state index in [2.05, 4.69) is 236 Å². The molecule has 0 radical (unpaired) electrons. The van der Waals surface area contributed by atoms with E-state index in [1.165, 1.54) is 66.8 Å². The normalized spacial score (nSPS) is 12.5. The Bertz CT molecular complexity index is 2500. The van der Waals surface area contributed by atoms with Crippen LogP contribution in [0.1, 0.15) is 205 Å². The van der Waals surface area contributed by atoms with Crippen LogP contribution in [0.25, 0.3) is 11.1 Å². The maximum atomic E-state index is 7.32. The Labute approximate surface area is 452 Å². The molecule has 4 nitrogen and oxygen atoms in total. The topological polar surface area (TPSA) is 36.9 Å². The minimum absolute atomic E-state index is 0.0380. The molecule has 6 heteroatoms. The lowest BCUT2D eigenvalue weighted by Crippen LogP contribution is -2.16. The Balaban J connectivity index is 1.46. The fourth-order valence-corrected chi connectivity index (χ4v) is 12.5. The average molecular weight is 1040 g/mol. The van der Waals surface area contributed by atoms with E-state index in [1.54, 1.807) is 0 Å². The van der Waals surface area contributed by atoms with Crippen molar-refractivity contribution in [3.05, 3.63) is 164 Å². The molecular weight excluding hydrogens is 943 g/mol. The van der Waals surface area contributed by atoms with Gasteiger partial charge in [-0.2, -0.15) is 0 Å². The van der Waals surface area contributed by atoms with Crippen LogP contribution >= 0.6 is 16.8 Å². The summed E-state index contributed by atoms with van der Waals surface area (Å²) in [6, 6.07) is 36.4. The standard InChI is InChI=1S/C68H92O4P2/c1-21-45-37-51(65(9,10)11)41-61(57(45)25-5)69-73(70-62-42-52(66(12,13)14)38-46(22-2)58(62)26-6)55-33-29-49(30-34-55)50-31-35-56(36-32-50)74(71-63-43-53(67(15,16)17)39-47(23-3)59(63)27-7)72-64-44-54(68(18,19)20)40-48(24-4)60(64)28-8/h29-44H,21-28H2,1-20H3. The van der Waals surface area contributed by atoms with E-state index in [9.17, 15) is 0 Å². The van der Waals surface area contributed by atoms with Crippen LogP contribution in [0.5, 0.6) is 23.0 Å². The van der Waals surface area contributed by atoms with Crippen molar-refractivity contribution in [3.63, 3.8) is 0 Å². The maximum absolute atomic E-state index is 7.32. The third kappa shape index (κ3) is 13.7. The predicted octanol–water partition coefficient (Wildman–Crippen LogP) is 19.2. The first kappa shape index (κ1) is 58.6. The van der Waals surface area contributed by atoms with Gasteiger partial charge < -0.3 is 18.1 Å². The second-order valence-corrected chi connectivity index (χ2v) is 27.0. The molecule has 0 heterocycles. The fraction of sp³-hybridized carbons (Fsp3) is 0.471. The quantitative estimate of drug-likeness (QED) is 0.0758. The van der Waals surface area contributed by atoms with Gasteiger partial charge in [0.15, 0.2) is 0 Å². The van der Waals surface area contributed by atoms with Gasteiger partial charge in [0, 0.05) is 0 Å². The molecule has 74 heavy (non-hydrogen) atoms. The van der Waals surface area contributed by atoms with Gasteiger partial charge in [0.1, 0.15) is 23.0 Å². The lowest BCUT2D eigenvalue weighted by atomic mass is 9.84. The van der Waals surface area contributed by atoms with E-state index in [4.69, 9.17) is 18.1 Å². The highest BCUT2D eigenvalue weighted by atomic mass is 31.2. The number of hydrogen-bond donors (Lipinski definition) is 0. The summed E-state index contributed by atoms with van der Waals surface area (Å²) in [6.45, 7) is 45.4. The molecule has 0 saturated carbocycles. The zero-order valence-electron chi connectivity index (χ0n) is 49.4. The van der Waals surface area contributed by atoms with E-state index in [-0.39, 0.29) is 21.7 Å². The van der Waals surface area contributed by atoms with Crippen LogP contribution in [-0.2, 0) is 73.0 Å². The largest absolute Gasteiger partial charge is 0.435 e. The Hall–Kier alpha value is -4.62. The minimum Gasteiger partial charge on any atom is -0.435 e. The molecule has 398 valence electrons. The highest BCUT2D eigenvalue weighted by Gasteiger charge is 2.29. The molecule has 0 aliphatic rings. The summed E-state index contributed by atoms with van der Waals surface area (Å²) in [7, 11) is -3.19. The van der Waals surface area contributed by atoms with Crippen LogP contribution in [0, 0.1) is 0 Å². The van der Waals surface area contributed by atoms with Gasteiger partial charge in [-0.25, -0.2) is 0 Å². The number of aryl methyl sites for hydroxylation is 4. The summed E-state index contributed by atoms with van der Waals surface area (Å²) >= 11 is 0. The highest BCUT2D eigenvalue weighted by Crippen LogP contribution is 2.48. The van der Waals surface area contributed by atoms with Crippen molar-refractivity contribution in [2.45, 2.75) is 212 Å². The molecule has 6 aromatic carbocycles. The second kappa shape index (κ2) is 24.2. The van der Waals surface area contributed by atoms with Crippen LogP contribution in [0.4, 0.5) is 0 Å². The van der Waals surface area contributed by atoms with Gasteiger partial charge in [-0.1, -0.05) is 187 Å². The first-order valence-corrected chi connectivity index (χ1v) is 30.3. The van der Waals surface area contributed by atoms with Gasteiger partial charge in [-0.15, -0.1) is 0 Å². The molecule has 0 spiro atoms. The van der Waals surface area contributed by atoms with Gasteiger partial charge in [0.25, 0.3) is 0 Å². The summed E-state index contributed by atoms with van der Waals surface area (Å²) in [5, 5.41) is 2.05. The highest BCUT2D eigenvalue weighted by molar-refractivity contribution is 7.57. The van der Waals surface area contributed by atoms with E-state index in [0.717, 1.165) is 96.1 Å². The second-order valence-electron chi connectivity index (χ2n) is 24.2. The van der Waals surface area contributed by atoms with Gasteiger partial charge in [-0.3, -0.25) is 0 Å². The third-order valence-electron chi connectivity index (χ3n) is 14.8. The van der Waals surface area contributed by atoms with Crippen molar-refractivity contribution in [2.75, 3.05) is 0 Å². The molecule has 6 aromatic rings. The van der Waals surface area contributed by atoms with Crippen LogP contribution < -0.4 is 28.7 Å². The van der Waals surface area contributed by atoms with Crippen molar-refractivity contribution >= 4 is 27.4 Å². The lowest BCUT2D eigenvalue weighted by Gasteiger charge is -2.28. The predicted molar refractivity (Wildman–Crippen MR) is 323 cm³/mol. The van der Waals surface area contributed by atoms with Crippen LogP contribution in [0.2, 0.25) is 0 Å². The summed E-state index contributed by atoms with van der Waals surface area (Å²) in [6.07, 6.45) is 7.29. The molecule has 0 aliphatic heterocycles. The Morgan fingerprint density at radius 2 is 0.486 bits per heavy atom. The molecule has 0 amide bonds. The molecule has 0 bridgehead atoms. The minimum atomic E-state index is -1.59. The SMILES string of the molecule is CCc1cc(C(C)(C)C)cc(OP(Oc2cc(C(C)(C)C)cc(CC)c2CC)c2ccc(-c3ccc(P(Oc4cc(C(C)(C)C)cc(CC)c4CC)Oc4cc(C(C)(C)C)cc(CC)c4CC)cc3)cc2)c1CC. The van der Waals surface area contributed by atoms with Gasteiger partial charge >= 0.3 is 16.8 Å². The zero-order valence-corrected chi connectivity index (χ0v) is 51.2. The van der Waals surface area contributed by atoms with Crippen molar-refractivity contribution < 1.29 is 18.1 Å². The third-order valence-corrected chi connectivity index (χ3v) is 17.7. The van der Waals surface area contributed by atoms with Crippen LogP contribution in [0.15, 0.2) is 97.1 Å². The van der Waals surface area contributed by atoms with Crippen molar-refractivity contribution in [3.8, 4) is 34.1 Å². The average Bonchev–Trinajstić information content (AvgIpc) is 3.36. The molecule has 0 atom stereocenters. The monoisotopic (exact) mass is 1030 g/mol. The van der Waals surface area contributed by atoms with Crippen LogP contribution in [0.3, 0.4) is 0 Å². The smallest absolute Gasteiger partial charge is 0.326 e. The van der Waals surface area contributed by atoms with Crippen molar-refractivity contribution in [2.24, 2.45) is 0 Å². The van der Waals surface area contributed by atoms with Crippen molar-refractivity contribution in [1.29, 1.82) is 0 Å². The summed E-state index contributed by atoms with van der Waals surface area (Å²) in [4.78, 5) is 0. The summed E-state index contributed by atoms with van der Waals surface area (Å²) < 4.78 is 29.3. The van der Waals surface area contributed by atoms with Gasteiger partial charge in [-0.05, 0) is 199 Å². The van der Waals surface area contributed by atoms with E-state index < -0.39 is 16.8 Å². The maximum Gasteiger partial charge on any atom is 0.326 e. The Morgan fingerprint density at radius 1 is 0.284 bits per heavy atom. The van der Waals surface area contributed by atoms with Crippen LogP contribution in [-0.4, -0.2) is 0 Å². The Kier molecular flexibility index (Phi) is 19.1. The summed E-state index contributed by atoms with van der Waals surface area (Å²) in [5.41, 5.74) is 17.6. The lowest BCUT2D eigenvalue weighted by molar-refractivity contribution is 0.488. The Morgan fingerprint density at radius 3 is 0.649 bits per heavy atom. The zero-order chi connectivity index (χ0) is 54.5. The number of benzene rings is 6. The molecule has 0 saturated heterocycles. The van der Waals surface area contributed by atoms with E-state index in [1.807, 2.05) is 0 Å². The van der Waals surface area contributed by atoms with Crippen molar-refractivity contribution in [1.82, 2.24) is 0 Å². The molecule has 0 unspecified atom stereocenters. The molecular formula is C68H92O4P2. The molecule has 0 aromatic heterocycles. The van der Waals surface area contributed by atoms with E-state index >= 15 is 0 Å². The number of rotatable bonds is 19. The summed E-state index contributed by atoms with van der Waals surface area (Å²) in [5.74, 6) is 3.70. The first-order chi connectivity index (χ1) is 34.8. The first-order valence-electron chi connectivity index (χ1n) is 28.0. The van der Waals surface area contributed by atoms with Gasteiger partial charge in [0.2, 0.25) is 0 Å². The number of hydrogen-bond acceptors (Lipinski definition) is 4. The molecule has 0 aliphatic carbocycles. The molecule has 0 fully saturated rings. The fourth-order valence-electron chi connectivity index (χ4n) is 9.89. The van der Waals surface area contributed by atoms with Gasteiger partial charge in [0.05, 0.1) is 10.6 Å². The molecule has 6 rings (SSSR count). The molecule has 0 N–H and O–H groups in total. The van der Waals surface area contributed by atoms with E-state index in [0.29, 0.717) is 0 Å².